The molecule has 1 amide bonds. The van der Waals surface area contributed by atoms with Crippen molar-refractivity contribution in [3.63, 3.8) is 0 Å². The minimum atomic E-state index is -0.541. The summed E-state index contributed by atoms with van der Waals surface area (Å²) >= 11 is 0. The molecule has 2 aromatic rings. The molecular formula is C17H16N2O3. The second-order valence-electron chi connectivity index (χ2n) is 5.16. The molecule has 22 heavy (non-hydrogen) atoms. The van der Waals surface area contributed by atoms with Gasteiger partial charge in [0.25, 0.3) is 5.91 Å². The molecule has 0 spiro atoms. The van der Waals surface area contributed by atoms with Gasteiger partial charge >= 0.3 is 0 Å². The fourth-order valence-corrected chi connectivity index (χ4v) is 2.42. The molecule has 1 heterocycles. The molecule has 2 aromatic carbocycles. The molecule has 1 aliphatic rings. The number of benzene rings is 2. The number of carbonyl (C=O) groups excluding carboxylic acids is 1. The smallest absolute Gasteiger partial charge is 0.272 e. The van der Waals surface area contributed by atoms with E-state index in [1.807, 2.05) is 30.3 Å². The standard InChI is InChI=1S/C17H16N2O3/c20-14-8-6-13(7-9-14)16-11-19(22)17(21)15(18-16)10-12-4-2-1-3-5-12/h1-9,11,15,18,20,22H,10H2. The van der Waals surface area contributed by atoms with E-state index in [2.05, 4.69) is 5.32 Å². The zero-order valence-electron chi connectivity index (χ0n) is 11.8. The van der Waals surface area contributed by atoms with Crippen molar-refractivity contribution < 1.29 is 15.1 Å². The van der Waals surface area contributed by atoms with Crippen molar-refractivity contribution in [3.05, 3.63) is 71.9 Å². The molecule has 5 nitrogen and oxygen atoms in total. The van der Waals surface area contributed by atoms with Crippen LogP contribution in [-0.2, 0) is 11.2 Å². The van der Waals surface area contributed by atoms with E-state index in [0.717, 1.165) is 11.1 Å². The van der Waals surface area contributed by atoms with Crippen molar-refractivity contribution in [2.75, 3.05) is 0 Å². The average Bonchev–Trinajstić information content (AvgIpc) is 2.53. The van der Waals surface area contributed by atoms with Crippen LogP contribution in [0.5, 0.6) is 5.75 Å². The van der Waals surface area contributed by atoms with E-state index >= 15 is 0 Å². The predicted octanol–water partition coefficient (Wildman–Crippen LogP) is 2.12. The van der Waals surface area contributed by atoms with Crippen LogP contribution in [0.3, 0.4) is 0 Å². The molecular weight excluding hydrogens is 280 g/mol. The highest BCUT2D eigenvalue weighted by Gasteiger charge is 2.28. The number of amides is 1. The molecule has 1 atom stereocenters. The first-order valence-electron chi connectivity index (χ1n) is 6.97. The van der Waals surface area contributed by atoms with E-state index in [9.17, 15) is 15.1 Å². The molecule has 3 N–H and O–H groups in total. The number of aromatic hydroxyl groups is 1. The Morgan fingerprint density at radius 1 is 1.05 bits per heavy atom. The van der Waals surface area contributed by atoms with Gasteiger partial charge in [0, 0.05) is 6.42 Å². The van der Waals surface area contributed by atoms with Crippen LogP contribution in [0.15, 0.2) is 60.8 Å². The summed E-state index contributed by atoms with van der Waals surface area (Å²) in [4.78, 5) is 12.1. The normalized spacial score (nSPS) is 17.9. The van der Waals surface area contributed by atoms with Gasteiger partial charge in [-0.3, -0.25) is 10.0 Å². The van der Waals surface area contributed by atoms with E-state index < -0.39 is 11.9 Å². The Morgan fingerprint density at radius 3 is 2.41 bits per heavy atom. The van der Waals surface area contributed by atoms with Gasteiger partial charge in [0.1, 0.15) is 11.8 Å². The van der Waals surface area contributed by atoms with Crippen molar-refractivity contribution in [2.45, 2.75) is 12.5 Å². The number of hydroxylamine groups is 2. The van der Waals surface area contributed by atoms with E-state index in [1.165, 1.54) is 6.20 Å². The van der Waals surface area contributed by atoms with Gasteiger partial charge in [-0.25, -0.2) is 0 Å². The van der Waals surface area contributed by atoms with Crippen molar-refractivity contribution >= 4 is 11.6 Å². The molecule has 0 aromatic heterocycles. The van der Waals surface area contributed by atoms with Crippen LogP contribution in [0.2, 0.25) is 0 Å². The zero-order chi connectivity index (χ0) is 15.5. The maximum Gasteiger partial charge on any atom is 0.272 e. The van der Waals surface area contributed by atoms with Crippen LogP contribution in [0.4, 0.5) is 0 Å². The molecule has 0 radical (unpaired) electrons. The summed E-state index contributed by atoms with van der Waals surface area (Å²) in [6, 6.07) is 15.6. The Bertz CT molecular complexity index is 696. The van der Waals surface area contributed by atoms with Gasteiger partial charge < -0.3 is 10.4 Å². The minimum absolute atomic E-state index is 0.165. The van der Waals surface area contributed by atoms with E-state index in [0.29, 0.717) is 17.2 Å². The number of rotatable bonds is 3. The molecule has 0 saturated heterocycles. The maximum absolute atomic E-state index is 12.1. The summed E-state index contributed by atoms with van der Waals surface area (Å²) in [7, 11) is 0. The van der Waals surface area contributed by atoms with Gasteiger partial charge in [0.05, 0.1) is 11.9 Å². The predicted molar refractivity (Wildman–Crippen MR) is 81.8 cm³/mol. The van der Waals surface area contributed by atoms with Gasteiger partial charge in [-0.05, 0) is 35.4 Å². The van der Waals surface area contributed by atoms with Crippen LogP contribution in [0.25, 0.3) is 5.70 Å². The van der Waals surface area contributed by atoms with Crippen LogP contribution in [-0.4, -0.2) is 27.3 Å². The van der Waals surface area contributed by atoms with Gasteiger partial charge in [0.15, 0.2) is 0 Å². The SMILES string of the molecule is O=C1C(Cc2ccccc2)NC(c2ccc(O)cc2)=CN1O. The second kappa shape index (κ2) is 5.91. The van der Waals surface area contributed by atoms with Crippen LogP contribution in [0.1, 0.15) is 11.1 Å². The lowest BCUT2D eigenvalue weighted by Gasteiger charge is -2.29. The van der Waals surface area contributed by atoms with E-state index in [-0.39, 0.29) is 5.75 Å². The van der Waals surface area contributed by atoms with Gasteiger partial charge in [-0.15, -0.1) is 0 Å². The number of hydrogen-bond donors (Lipinski definition) is 3. The summed E-state index contributed by atoms with van der Waals surface area (Å²) in [6.07, 6.45) is 1.82. The Hall–Kier alpha value is -2.79. The Balaban J connectivity index is 1.83. The van der Waals surface area contributed by atoms with Crippen molar-refractivity contribution in [3.8, 4) is 5.75 Å². The van der Waals surface area contributed by atoms with Crippen molar-refractivity contribution in [2.24, 2.45) is 0 Å². The molecule has 1 unspecified atom stereocenters. The largest absolute Gasteiger partial charge is 0.508 e. The molecule has 1 aliphatic heterocycles. The fraction of sp³-hybridized carbons (Fsp3) is 0.118. The van der Waals surface area contributed by atoms with Gasteiger partial charge in [0.2, 0.25) is 0 Å². The maximum atomic E-state index is 12.1. The summed E-state index contributed by atoms with van der Waals surface area (Å²) in [6.45, 7) is 0. The molecule has 112 valence electrons. The number of nitrogens with zero attached hydrogens (tertiary/aromatic N) is 1. The lowest BCUT2D eigenvalue weighted by molar-refractivity contribution is -0.157. The van der Waals surface area contributed by atoms with E-state index in [4.69, 9.17) is 0 Å². The summed E-state index contributed by atoms with van der Waals surface area (Å²) in [5.41, 5.74) is 2.42. The Kier molecular flexibility index (Phi) is 3.80. The monoisotopic (exact) mass is 296 g/mol. The molecule has 0 saturated carbocycles. The zero-order valence-corrected chi connectivity index (χ0v) is 11.8. The summed E-state index contributed by atoms with van der Waals surface area (Å²) < 4.78 is 0. The van der Waals surface area contributed by atoms with Crippen molar-refractivity contribution in [1.29, 1.82) is 0 Å². The van der Waals surface area contributed by atoms with Gasteiger partial charge in [-0.2, -0.15) is 5.06 Å². The first-order valence-corrected chi connectivity index (χ1v) is 6.97. The number of phenols is 1. The summed E-state index contributed by atoms with van der Waals surface area (Å²) in [5, 5.41) is 22.9. The topological polar surface area (TPSA) is 72.8 Å². The molecule has 3 rings (SSSR count). The number of carbonyl (C=O) groups is 1. The Labute approximate surface area is 128 Å². The molecule has 5 heteroatoms. The Morgan fingerprint density at radius 2 is 1.73 bits per heavy atom. The van der Waals surface area contributed by atoms with Crippen molar-refractivity contribution in [1.82, 2.24) is 10.4 Å². The first-order chi connectivity index (χ1) is 10.6. The lowest BCUT2D eigenvalue weighted by Crippen LogP contribution is -2.48. The quantitative estimate of drug-likeness (QED) is 0.759. The molecule has 0 fully saturated rings. The second-order valence-corrected chi connectivity index (χ2v) is 5.16. The minimum Gasteiger partial charge on any atom is -0.508 e. The highest BCUT2D eigenvalue weighted by Crippen LogP contribution is 2.21. The number of hydrogen-bond acceptors (Lipinski definition) is 4. The first kappa shape index (κ1) is 14.2. The van der Waals surface area contributed by atoms with Crippen LogP contribution >= 0.6 is 0 Å². The highest BCUT2D eigenvalue weighted by molar-refractivity contribution is 5.87. The lowest BCUT2D eigenvalue weighted by atomic mass is 10.0. The third-order valence-electron chi connectivity index (χ3n) is 3.57. The third kappa shape index (κ3) is 2.94. The third-order valence-corrected chi connectivity index (χ3v) is 3.57. The number of phenolic OH excluding ortho intramolecular Hbond substituents is 1. The molecule has 0 bridgehead atoms. The summed E-state index contributed by atoms with van der Waals surface area (Å²) in [5.74, 6) is -0.232. The van der Waals surface area contributed by atoms with E-state index in [1.54, 1.807) is 24.3 Å². The highest BCUT2D eigenvalue weighted by atomic mass is 16.5. The van der Waals surface area contributed by atoms with Crippen LogP contribution in [0, 0.1) is 0 Å². The average molecular weight is 296 g/mol. The molecule has 0 aliphatic carbocycles. The number of nitrogens with one attached hydrogen (secondary N) is 1. The van der Waals surface area contributed by atoms with Crippen LogP contribution < -0.4 is 5.32 Å². The van der Waals surface area contributed by atoms with Gasteiger partial charge in [-0.1, -0.05) is 30.3 Å². The fourth-order valence-electron chi connectivity index (χ4n) is 2.42.